The van der Waals surface area contributed by atoms with Crippen molar-refractivity contribution in [3.8, 4) is 5.75 Å². The fourth-order valence-electron chi connectivity index (χ4n) is 4.03. The zero-order chi connectivity index (χ0) is 22.2. The van der Waals surface area contributed by atoms with Gasteiger partial charge in [-0.1, -0.05) is 0 Å². The zero-order valence-electron chi connectivity index (χ0n) is 17.5. The SMILES string of the molecule is CC(C)N1CCC(Oc2ccc3c(c2)cc(C=O)n3S(=O)(=O)c2ccc(F)cc2)CC1. The van der Waals surface area contributed by atoms with Crippen molar-refractivity contribution in [1.82, 2.24) is 8.87 Å². The number of fused-ring (bicyclic) bond motifs is 1. The van der Waals surface area contributed by atoms with Gasteiger partial charge in [0.2, 0.25) is 0 Å². The molecule has 6 nitrogen and oxygen atoms in total. The first kappa shape index (κ1) is 21.5. The number of benzene rings is 2. The Bertz CT molecular complexity index is 1190. The summed E-state index contributed by atoms with van der Waals surface area (Å²) in [6, 6.07) is 11.7. The van der Waals surface area contributed by atoms with Crippen LogP contribution >= 0.6 is 0 Å². The van der Waals surface area contributed by atoms with E-state index < -0.39 is 15.8 Å². The van der Waals surface area contributed by atoms with E-state index in [9.17, 15) is 17.6 Å². The molecular formula is C23H25FN2O4S. The maximum absolute atomic E-state index is 13.2. The third-order valence-corrected chi connectivity index (χ3v) is 7.49. The maximum Gasteiger partial charge on any atom is 0.268 e. The molecule has 0 amide bonds. The van der Waals surface area contributed by atoms with Gasteiger partial charge in [-0.2, -0.15) is 0 Å². The number of carbonyl (C=O) groups is 1. The molecule has 1 saturated heterocycles. The van der Waals surface area contributed by atoms with Crippen molar-refractivity contribution in [2.24, 2.45) is 0 Å². The second kappa shape index (κ2) is 8.43. The minimum absolute atomic E-state index is 0.00159. The molecule has 0 aliphatic carbocycles. The average Bonchev–Trinajstić information content (AvgIpc) is 3.13. The van der Waals surface area contributed by atoms with Crippen LogP contribution < -0.4 is 4.74 Å². The minimum atomic E-state index is -4.06. The van der Waals surface area contributed by atoms with Crippen LogP contribution in [0.3, 0.4) is 0 Å². The highest BCUT2D eigenvalue weighted by atomic mass is 32.2. The number of likely N-dealkylation sites (tertiary alicyclic amines) is 1. The Kier molecular flexibility index (Phi) is 5.85. The number of piperidine rings is 1. The van der Waals surface area contributed by atoms with Crippen LogP contribution in [0.5, 0.6) is 5.75 Å². The number of halogens is 1. The predicted octanol–water partition coefficient (Wildman–Crippen LogP) is 4.08. The molecule has 0 N–H and O–H groups in total. The molecule has 164 valence electrons. The van der Waals surface area contributed by atoms with Gasteiger partial charge in [0.1, 0.15) is 17.7 Å². The van der Waals surface area contributed by atoms with Gasteiger partial charge in [-0.3, -0.25) is 4.79 Å². The molecule has 0 radical (unpaired) electrons. The molecule has 0 saturated carbocycles. The van der Waals surface area contributed by atoms with Crippen molar-refractivity contribution in [1.29, 1.82) is 0 Å². The standard InChI is InChI=1S/C23H25FN2O4S/c1-16(2)25-11-9-20(10-12-25)30-21-5-8-23-17(14-21)13-19(15-27)26(23)31(28,29)22-6-3-18(24)4-7-22/h3-8,13-16,20H,9-12H2,1-2H3. The van der Waals surface area contributed by atoms with E-state index in [-0.39, 0.29) is 16.7 Å². The van der Waals surface area contributed by atoms with E-state index in [1.54, 1.807) is 18.2 Å². The van der Waals surface area contributed by atoms with E-state index in [2.05, 4.69) is 18.7 Å². The molecule has 2 heterocycles. The molecule has 31 heavy (non-hydrogen) atoms. The molecule has 1 aromatic heterocycles. The lowest BCUT2D eigenvalue weighted by Gasteiger charge is -2.34. The van der Waals surface area contributed by atoms with E-state index >= 15 is 0 Å². The summed E-state index contributed by atoms with van der Waals surface area (Å²) < 4.78 is 46.6. The molecule has 8 heteroatoms. The zero-order valence-corrected chi connectivity index (χ0v) is 18.3. The fraction of sp³-hybridized carbons (Fsp3) is 0.348. The fourth-order valence-corrected chi connectivity index (χ4v) is 5.52. The molecule has 3 aromatic rings. The van der Waals surface area contributed by atoms with Crippen molar-refractivity contribution in [3.63, 3.8) is 0 Å². The molecule has 0 bridgehead atoms. The molecule has 0 atom stereocenters. The van der Waals surface area contributed by atoms with Gasteiger partial charge in [-0.15, -0.1) is 0 Å². The highest BCUT2D eigenvalue weighted by molar-refractivity contribution is 7.90. The van der Waals surface area contributed by atoms with Gasteiger partial charge in [-0.05, 0) is 75.2 Å². The predicted molar refractivity (Wildman–Crippen MR) is 117 cm³/mol. The van der Waals surface area contributed by atoms with E-state index in [4.69, 9.17) is 4.74 Å². The first-order valence-corrected chi connectivity index (χ1v) is 11.8. The largest absolute Gasteiger partial charge is 0.490 e. The summed E-state index contributed by atoms with van der Waals surface area (Å²) >= 11 is 0. The monoisotopic (exact) mass is 444 g/mol. The summed E-state index contributed by atoms with van der Waals surface area (Å²) in [6.45, 7) is 6.33. The van der Waals surface area contributed by atoms with Crippen molar-refractivity contribution in [2.75, 3.05) is 13.1 Å². The van der Waals surface area contributed by atoms with Gasteiger partial charge in [0.25, 0.3) is 10.0 Å². The van der Waals surface area contributed by atoms with Gasteiger partial charge >= 0.3 is 0 Å². The quantitative estimate of drug-likeness (QED) is 0.536. The number of rotatable bonds is 6. The van der Waals surface area contributed by atoms with Crippen LogP contribution in [0, 0.1) is 5.82 Å². The Morgan fingerprint density at radius 2 is 1.74 bits per heavy atom. The number of nitrogens with zero attached hydrogens (tertiary/aromatic N) is 2. The summed E-state index contributed by atoms with van der Waals surface area (Å²) in [6.07, 6.45) is 2.46. The van der Waals surface area contributed by atoms with Crippen LogP contribution in [-0.2, 0) is 10.0 Å². The summed E-state index contributed by atoms with van der Waals surface area (Å²) in [7, 11) is -4.06. The number of ether oxygens (including phenoxy) is 1. The summed E-state index contributed by atoms with van der Waals surface area (Å²) in [5, 5.41) is 0.588. The molecular weight excluding hydrogens is 419 g/mol. The Balaban J connectivity index is 1.64. The topological polar surface area (TPSA) is 68.6 Å². The number of carbonyl (C=O) groups excluding carboxylic acids is 1. The molecule has 2 aromatic carbocycles. The Morgan fingerprint density at radius 3 is 2.35 bits per heavy atom. The number of hydrogen-bond donors (Lipinski definition) is 0. The Hall–Kier alpha value is -2.71. The third-order valence-electron chi connectivity index (χ3n) is 5.74. The molecule has 1 aliphatic rings. The van der Waals surface area contributed by atoms with Crippen LogP contribution in [-0.4, -0.2) is 48.8 Å². The summed E-state index contributed by atoms with van der Waals surface area (Å²) in [5.41, 5.74) is 0.370. The van der Waals surface area contributed by atoms with Crippen molar-refractivity contribution >= 4 is 27.2 Å². The smallest absolute Gasteiger partial charge is 0.268 e. The van der Waals surface area contributed by atoms with Crippen LogP contribution in [0.1, 0.15) is 37.2 Å². The van der Waals surface area contributed by atoms with E-state index in [0.29, 0.717) is 29.0 Å². The Morgan fingerprint density at radius 1 is 1.06 bits per heavy atom. The van der Waals surface area contributed by atoms with Gasteiger partial charge < -0.3 is 9.64 Å². The van der Waals surface area contributed by atoms with E-state index in [0.717, 1.165) is 42.0 Å². The second-order valence-corrected chi connectivity index (χ2v) is 9.86. The van der Waals surface area contributed by atoms with Gasteiger partial charge in [-0.25, -0.2) is 16.8 Å². The normalized spacial score (nSPS) is 16.1. The van der Waals surface area contributed by atoms with Crippen LogP contribution in [0.15, 0.2) is 53.4 Å². The minimum Gasteiger partial charge on any atom is -0.490 e. The average molecular weight is 445 g/mol. The maximum atomic E-state index is 13.2. The first-order chi connectivity index (χ1) is 14.8. The first-order valence-electron chi connectivity index (χ1n) is 10.3. The highest BCUT2D eigenvalue weighted by Crippen LogP contribution is 2.29. The summed E-state index contributed by atoms with van der Waals surface area (Å²) in [4.78, 5) is 14.0. The van der Waals surface area contributed by atoms with Crippen LogP contribution in [0.2, 0.25) is 0 Å². The van der Waals surface area contributed by atoms with Gasteiger partial charge in [0, 0.05) is 24.5 Å². The number of aldehydes is 1. The molecule has 0 spiro atoms. The lowest BCUT2D eigenvalue weighted by Crippen LogP contribution is -2.41. The molecule has 1 fully saturated rings. The van der Waals surface area contributed by atoms with Crippen LogP contribution in [0.25, 0.3) is 10.9 Å². The van der Waals surface area contributed by atoms with Crippen molar-refractivity contribution in [3.05, 3.63) is 60.0 Å². The van der Waals surface area contributed by atoms with E-state index in [1.807, 2.05) is 0 Å². The molecule has 4 rings (SSSR count). The van der Waals surface area contributed by atoms with E-state index in [1.165, 1.54) is 18.2 Å². The van der Waals surface area contributed by atoms with Crippen molar-refractivity contribution in [2.45, 2.75) is 43.7 Å². The van der Waals surface area contributed by atoms with Gasteiger partial charge in [0.05, 0.1) is 16.1 Å². The number of aromatic nitrogens is 1. The third kappa shape index (κ3) is 4.22. The highest BCUT2D eigenvalue weighted by Gasteiger charge is 2.25. The lowest BCUT2D eigenvalue weighted by atomic mass is 10.1. The molecule has 1 aliphatic heterocycles. The summed E-state index contributed by atoms with van der Waals surface area (Å²) in [5.74, 6) is 0.109. The molecule has 0 unspecified atom stereocenters. The van der Waals surface area contributed by atoms with Crippen molar-refractivity contribution < 1.29 is 22.3 Å². The lowest BCUT2D eigenvalue weighted by molar-refractivity contribution is 0.0844. The Labute approximate surface area is 181 Å². The second-order valence-electron chi connectivity index (χ2n) is 8.08. The number of hydrogen-bond acceptors (Lipinski definition) is 5. The van der Waals surface area contributed by atoms with Crippen LogP contribution in [0.4, 0.5) is 4.39 Å². The van der Waals surface area contributed by atoms with Gasteiger partial charge in [0.15, 0.2) is 6.29 Å².